The van der Waals surface area contributed by atoms with Gasteiger partial charge in [-0.05, 0) is 6.26 Å². The van der Waals surface area contributed by atoms with Crippen molar-refractivity contribution in [1.82, 2.24) is 10.6 Å². The van der Waals surface area contributed by atoms with Crippen LogP contribution in [0.4, 0.5) is 0 Å². The zero-order valence-electron chi connectivity index (χ0n) is 7.75. The monoisotopic (exact) mass is 304 g/mol. The summed E-state index contributed by atoms with van der Waals surface area (Å²) in [5, 5.41) is 5.85. The minimum Gasteiger partial charge on any atom is -0.412 e. The van der Waals surface area contributed by atoms with Gasteiger partial charge in [0.15, 0.2) is 0 Å². The van der Waals surface area contributed by atoms with E-state index < -0.39 is 0 Å². The van der Waals surface area contributed by atoms with E-state index >= 15 is 0 Å². The van der Waals surface area contributed by atoms with Gasteiger partial charge < -0.3 is 42.9 Å². The van der Waals surface area contributed by atoms with Gasteiger partial charge >= 0.3 is 19.5 Å². The van der Waals surface area contributed by atoms with E-state index in [1.54, 1.807) is 0 Å². The van der Waals surface area contributed by atoms with Crippen LogP contribution >= 0.6 is 36.2 Å². The molecule has 0 aromatic rings. The predicted octanol–water partition coefficient (Wildman–Crippen LogP) is 1.09. The molecule has 0 aliphatic carbocycles. The van der Waals surface area contributed by atoms with Gasteiger partial charge in [0.2, 0.25) is 0 Å². The van der Waals surface area contributed by atoms with Crippen LogP contribution < -0.4 is 10.6 Å². The predicted molar refractivity (Wildman–Crippen MR) is 68.5 cm³/mol. The summed E-state index contributed by atoms with van der Waals surface area (Å²) in [5.74, 6) is 0. The molecule has 0 aliphatic heterocycles. The van der Waals surface area contributed by atoms with Gasteiger partial charge in [0.1, 0.15) is 4.32 Å². The Morgan fingerprint density at radius 1 is 1.31 bits per heavy atom. The van der Waals surface area contributed by atoms with Gasteiger partial charge in [-0.1, -0.05) is 16.5 Å². The maximum atomic E-state index is 4.90. The van der Waals surface area contributed by atoms with Crippen LogP contribution in [-0.2, 0) is 32.1 Å². The molecule has 0 radical (unpaired) electrons. The maximum absolute atomic E-state index is 4.90. The average molecular weight is 306 g/mol. The Kier molecular flexibility index (Phi) is 19.5. The van der Waals surface area contributed by atoms with Crippen molar-refractivity contribution in [3.8, 4) is 0 Å². The smallest absolute Gasteiger partial charge is 0.412 e. The number of nitrogens with one attached hydrogen (secondary N) is 2. The molecule has 0 amide bonds. The van der Waals surface area contributed by atoms with Gasteiger partial charge in [0, 0.05) is 13.1 Å². The van der Waals surface area contributed by atoms with Crippen LogP contribution in [0.25, 0.3) is 0 Å². The van der Waals surface area contributed by atoms with Gasteiger partial charge in [0.05, 0.1) is 0 Å². The Morgan fingerprint density at radius 3 is 2.15 bits per heavy atom. The Hall–Kier alpha value is 0.973. The van der Waals surface area contributed by atoms with Crippen molar-refractivity contribution in [2.24, 2.45) is 0 Å². The molecule has 0 aliphatic rings. The van der Waals surface area contributed by atoms with Crippen molar-refractivity contribution in [2.75, 3.05) is 19.3 Å². The van der Waals surface area contributed by atoms with E-state index in [1.165, 1.54) is 11.8 Å². The fourth-order valence-corrected chi connectivity index (χ4v) is 0.954. The molecule has 72 valence electrons. The molecule has 2 N–H and O–H groups in total. The Morgan fingerprint density at radius 2 is 1.77 bits per heavy atom. The standard InChI is InChI=1S/C5H10N2S4.CH3.Zn/c1-11-5(10)7-3-2-6-4(8)9;;/h2-3H2,1H3,(H,7,10)(H2,6,8,9);1H3;/q;-1;+2/p-1. The zero-order valence-corrected chi connectivity index (χ0v) is 14.0. The van der Waals surface area contributed by atoms with Crippen LogP contribution in [0.15, 0.2) is 0 Å². The van der Waals surface area contributed by atoms with Crippen LogP contribution in [0.5, 0.6) is 0 Å². The molecule has 0 bridgehead atoms. The molecule has 0 fully saturated rings. The second-order valence-electron chi connectivity index (χ2n) is 1.63. The Labute approximate surface area is 114 Å². The van der Waals surface area contributed by atoms with Crippen molar-refractivity contribution in [2.45, 2.75) is 0 Å². The van der Waals surface area contributed by atoms with Crippen molar-refractivity contribution >= 4 is 57.5 Å². The minimum absolute atomic E-state index is 0. The fourth-order valence-electron chi connectivity index (χ4n) is 0.401. The van der Waals surface area contributed by atoms with Crippen molar-refractivity contribution < 1.29 is 19.5 Å². The fraction of sp³-hybridized carbons (Fsp3) is 0.500. The summed E-state index contributed by atoms with van der Waals surface area (Å²) in [6.07, 6.45) is 1.93. The third kappa shape index (κ3) is 15.7. The summed E-state index contributed by atoms with van der Waals surface area (Å²) in [7, 11) is 0. The first-order valence-corrected chi connectivity index (χ1v) is 5.38. The van der Waals surface area contributed by atoms with Crippen molar-refractivity contribution in [3.05, 3.63) is 7.43 Å². The van der Waals surface area contributed by atoms with Crippen LogP contribution in [0, 0.1) is 7.43 Å². The molecule has 0 saturated heterocycles. The normalized spacial score (nSPS) is 7.46. The molecule has 0 aromatic heterocycles. The quantitative estimate of drug-likeness (QED) is 0.266. The number of thiocarbonyl (C=S) groups is 2. The van der Waals surface area contributed by atoms with E-state index in [9.17, 15) is 0 Å². The number of thioether (sulfide) groups is 1. The van der Waals surface area contributed by atoms with E-state index in [0.717, 1.165) is 17.4 Å². The summed E-state index contributed by atoms with van der Waals surface area (Å²) in [5.41, 5.74) is 0. The van der Waals surface area contributed by atoms with Gasteiger partial charge in [-0.3, -0.25) is 0 Å². The molecular formula is C6H12N2S4Zn. The molecule has 0 rings (SSSR count). The first-order valence-electron chi connectivity index (χ1n) is 2.93. The molecule has 0 unspecified atom stereocenters. The summed E-state index contributed by atoms with van der Waals surface area (Å²) in [6.45, 7) is 1.49. The molecular weight excluding hydrogens is 294 g/mol. The van der Waals surface area contributed by atoms with Crippen LogP contribution in [0.2, 0.25) is 0 Å². The second kappa shape index (κ2) is 13.0. The van der Waals surface area contributed by atoms with Crippen molar-refractivity contribution in [3.63, 3.8) is 0 Å². The first kappa shape index (κ1) is 19.5. The topological polar surface area (TPSA) is 24.1 Å². The maximum Gasteiger partial charge on any atom is 2.00 e. The number of hydrogen-bond donors (Lipinski definition) is 2. The third-order valence-electron chi connectivity index (χ3n) is 0.849. The van der Waals surface area contributed by atoms with E-state index in [4.69, 9.17) is 12.2 Å². The van der Waals surface area contributed by atoms with Crippen LogP contribution in [0.3, 0.4) is 0 Å². The van der Waals surface area contributed by atoms with Crippen LogP contribution in [-0.4, -0.2) is 28.0 Å². The molecule has 0 aromatic carbocycles. The molecule has 0 saturated carbocycles. The molecule has 7 heteroatoms. The average Bonchev–Trinajstić information content (AvgIpc) is 1.97. The summed E-state index contributed by atoms with van der Waals surface area (Å²) >= 11 is 15.7. The van der Waals surface area contributed by atoms with Crippen LogP contribution in [0.1, 0.15) is 0 Å². The Balaban J connectivity index is -0.000000500. The van der Waals surface area contributed by atoms with Crippen molar-refractivity contribution in [1.29, 1.82) is 0 Å². The zero-order chi connectivity index (χ0) is 8.69. The molecule has 2 nitrogen and oxygen atoms in total. The molecule has 0 spiro atoms. The molecule has 0 atom stereocenters. The first-order chi connectivity index (χ1) is 5.16. The van der Waals surface area contributed by atoms with E-state index in [2.05, 4.69) is 35.5 Å². The second-order valence-corrected chi connectivity index (χ2v) is 4.19. The summed E-state index contributed by atoms with van der Waals surface area (Å²) < 4.78 is 1.20. The van der Waals surface area contributed by atoms with E-state index in [1.807, 2.05) is 6.26 Å². The van der Waals surface area contributed by atoms with Gasteiger partial charge in [0.25, 0.3) is 0 Å². The summed E-state index contributed by atoms with van der Waals surface area (Å²) in [6, 6.07) is 0. The van der Waals surface area contributed by atoms with E-state index in [-0.39, 0.29) is 26.9 Å². The number of rotatable bonds is 3. The minimum atomic E-state index is 0. The Bertz CT molecular complexity index is 154. The summed E-state index contributed by atoms with van der Waals surface area (Å²) in [4.78, 5) is 0. The third-order valence-corrected chi connectivity index (χ3v) is 2.30. The van der Waals surface area contributed by atoms with Gasteiger partial charge in [-0.2, -0.15) is 0 Å². The molecule has 0 heterocycles. The van der Waals surface area contributed by atoms with E-state index in [0.29, 0.717) is 4.32 Å². The van der Waals surface area contributed by atoms with Gasteiger partial charge in [-0.25, -0.2) is 0 Å². The van der Waals surface area contributed by atoms with Gasteiger partial charge in [-0.15, -0.1) is 11.8 Å². The number of hydrogen-bond acceptors (Lipinski definition) is 4. The SMILES string of the molecule is CSC(=S)NCCNC(=S)[S-].[CH3-].[Zn+2]. The largest absolute Gasteiger partial charge is 2.00 e. The molecule has 13 heavy (non-hydrogen) atoms.